The number of rotatable bonds is 7. The van der Waals surface area contributed by atoms with Crippen LogP contribution in [-0.2, 0) is 11.3 Å². The van der Waals surface area contributed by atoms with Crippen LogP contribution in [0.15, 0.2) is 33.7 Å². The van der Waals surface area contributed by atoms with E-state index in [1.54, 1.807) is 7.11 Å². The summed E-state index contributed by atoms with van der Waals surface area (Å²) < 4.78 is 6.34. The third-order valence-electron chi connectivity index (χ3n) is 4.45. The quantitative estimate of drug-likeness (QED) is 0.573. The van der Waals surface area contributed by atoms with Gasteiger partial charge in [-0.2, -0.15) is 0 Å². The molecule has 2 rings (SSSR count). The number of hydrogen-bond donors (Lipinski definition) is 2. The van der Waals surface area contributed by atoms with E-state index >= 15 is 0 Å². The van der Waals surface area contributed by atoms with E-state index in [1.807, 2.05) is 19.2 Å². The molecule has 1 fully saturated rings. The van der Waals surface area contributed by atoms with Crippen LogP contribution in [-0.4, -0.2) is 33.3 Å². The highest BCUT2D eigenvalue weighted by Crippen LogP contribution is 2.43. The van der Waals surface area contributed by atoms with E-state index in [0.29, 0.717) is 5.41 Å². The Labute approximate surface area is 141 Å². The van der Waals surface area contributed by atoms with Crippen molar-refractivity contribution in [1.82, 2.24) is 10.6 Å². The number of hydrogen-bond acceptors (Lipinski definition) is 2. The Morgan fingerprint density at radius 2 is 2.18 bits per heavy atom. The third-order valence-corrected chi connectivity index (χ3v) is 4.95. The summed E-state index contributed by atoms with van der Waals surface area (Å²) in [4.78, 5) is 4.32. The zero-order valence-electron chi connectivity index (χ0n) is 13.5. The van der Waals surface area contributed by atoms with Crippen molar-refractivity contribution in [2.75, 3.05) is 27.3 Å². The second-order valence-electron chi connectivity index (χ2n) is 6.01. The zero-order chi connectivity index (χ0) is 15.8. The number of halogens is 1. The van der Waals surface area contributed by atoms with Crippen LogP contribution in [0.5, 0.6) is 0 Å². The fourth-order valence-corrected chi connectivity index (χ4v) is 3.28. The first-order valence-corrected chi connectivity index (χ1v) is 8.65. The second-order valence-corrected chi connectivity index (χ2v) is 6.92. The second kappa shape index (κ2) is 8.53. The maximum Gasteiger partial charge on any atom is 0.191 e. The van der Waals surface area contributed by atoms with E-state index in [1.165, 1.54) is 24.8 Å². The molecule has 1 aliphatic rings. The first-order valence-electron chi connectivity index (χ1n) is 7.85. The Morgan fingerprint density at radius 3 is 2.77 bits per heavy atom. The van der Waals surface area contributed by atoms with Crippen molar-refractivity contribution in [1.29, 1.82) is 0 Å². The van der Waals surface area contributed by atoms with Gasteiger partial charge in [-0.15, -0.1) is 0 Å². The largest absolute Gasteiger partial charge is 0.385 e. The first-order chi connectivity index (χ1) is 10.7. The molecule has 1 aromatic carbocycles. The van der Waals surface area contributed by atoms with Crippen molar-refractivity contribution < 1.29 is 4.74 Å². The summed E-state index contributed by atoms with van der Waals surface area (Å²) in [5.74, 6) is 0.865. The number of nitrogens with zero attached hydrogens (tertiary/aromatic N) is 1. The predicted octanol–water partition coefficient (Wildman–Crippen LogP) is 3.32. The van der Waals surface area contributed by atoms with E-state index in [-0.39, 0.29) is 0 Å². The van der Waals surface area contributed by atoms with Crippen molar-refractivity contribution in [3.05, 3.63) is 34.3 Å². The molecule has 0 saturated heterocycles. The van der Waals surface area contributed by atoms with E-state index < -0.39 is 0 Å². The van der Waals surface area contributed by atoms with Crippen molar-refractivity contribution in [2.24, 2.45) is 10.4 Å². The third kappa shape index (κ3) is 4.99. The minimum absolute atomic E-state index is 0.392. The Bertz CT molecular complexity index is 500. The van der Waals surface area contributed by atoms with Crippen LogP contribution >= 0.6 is 15.9 Å². The fourth-order valence-electron chi connectivity index (χ4n) is 2.84. The smallest absolute Gasteiger partial charge is 0.191 e. The lowest BCUT2D eigenvalue weighted by Crippen LogP contribution is -2.46. The SMILES string of the molecule is CN=C(NCc1cccc(Br)c1)NCC1(CCOC)CCC1. The number of nitrogens with one attached hydrogen (secondary N) is 2. The highest BCUT2D eigenvalue weighted by molar-refractivity contribution is 9.10. The van der Waals surface area contributed by atoms with E-state index in [0.717, 1.165) is 36.5 Å². The minimum Gasteiger partial charge on any atom is -0.385 e. The van der Waals surface area contributed by atoms with Gasteiger partial charge in [-0.25, -0.2) is 0 Å². The molecule has 0 aromatic heterocycles. The minimum atomic E-state index is 0.392. The molecule has 0 amide bonds. The summed E-state index contributed by atoms with van der Waals surface area (Å²) in [7, 11) is 3.59. The Morgan fingerprint density at radius 1 is 1.36 bits per heavy atom. The van der Waals surface area contributed by atoms with Crippen LogP contribution in [0.4, 0.5) is 0 Å². The van der Waals surface area contributed by atoms with Crippen LogP contribution in [0.1, 0.15) is 31.2 Å². The molecule has 0 spiro atoms. The standard InChI is InChI=1S/C17H26BrN3O/c1-19-16(20-12-14-5-3-6-15(18)11-14)21-13-17(7-4-8-17)9-10-22-2/h3,5-6,11H,4,7-10,12-13H2,1-2H3,(H2,19,20,21). The summed E-state index contributed by atoms with van der Waals surface area (Å²) in [6.45, 7) is 2.57. The molecule has 0 unspecified atom stereocenters. The summed E-state index contributed by atoms with van der Waals surface area (Å²) in [6, 6.07) is 8.31. The molecule has 1 aromatic rings. The van der Waals surface area contributed by atoms with Crippen molar-refractivity contribution in [3.63, 3.8) is 0 Å². The zero-order valence-corrected chi connectivity index (χ0v) is 15.1. The van der Waals surface area contributed by atoms with Gasteiger partial charge in [0, 0.05) is 38.3 Å². The van der Waals surface area contributed by atoms with Gasteiger partial charge in [0.25, 0.3) is 0 Å². The fraction of sp³-hybridized carbons (Fsp3) is 0.588. The number of guanidine groups is 1. The van der Waals surface area contributed by atoms with Crippen LogP contribution in [0.25, 0.3) is 0 Å². The average Bonchev–Trinajstić information content (AvgIpc) is 2.48. The molecule has 1 saturated carbocycles. The Balaban J connectivity index is 1.80. The van der Waals surface area contributed by atoms with Gasteiger partial charge in [0.1, 0.15) is 0 Å². The number of aliphatic imine (C=N–C) groups is 1. The Hall–Kier alpha value is -1.07. The van der Waals surface area contributed by atoms with Gasteiger partial charge in [-0.05, 0) is 42.4 Å². The van der Waals surface area contributed by atoms with Gasteiger partial charge in [-0.1, -0.05) is 34.5 Å². The van der Waals surface area contributed by atoms with E-state index in [4.69, 9.17) is 4.74 Å². The average molecular weight is 368 g/mol. The molecular formula is C17H26BrN3O. The normalized spacial score (nSPS) is 17.0. The summed E-state index contributed by atoms with van der Waals surface area (Å²) in [6.07, 6.45) is 5.02. The van der Waals surface area contributed by atoms with Gasteiger partial charge in [0.15, 0.2) is 5.96 Å². The van der Waals surface area contributed by atoms with Crippen molar-refractivity contribution >= 4 is 21.9 Å². The lowest BCUT2D eigenvalue weighted by Gasteiger charge is -2.42. The molecule has 22 heavy (non-hydrogen) atoms. The number of ether oxygens (including phenoxy) is 1. The van der Waals surface area contributed by atoms with Gasteiger partial charge < -0.3 is 15.4 Å². The molecule has 5 heteroatoms. The molecule has 0 heterocycles. The van der Waals surface area contributed by atoms with E-state index in [9.17, 15) is 0 Å². The molecule has 2 N–H and O–H groups in total. The summed E-state index contributed by atoms with van der Waals surface area (Å²) in [5.41, 5.74) is 1.62. The molecule has 1 aliphatic carbocycles. The maximum atomic E-state index is 5.24. The molecular weight excluding hydrogens is 342 g/mol. The lowest BCUT2D eigenvalue weighted by atomic mass is 9.67. The van der Waals surface area contributed by atoms with Crippen LogP contribution < -0.4 is 10.6 Å². The van der Waals surface area contributed by atoms with Crippen LogP contribution in [0.2, 0.25) is 0 Å². The Kier molecular flexibility index (Phi) is 6.70. The highest BCUT2D eigenvalue weighted by atomic mass is 79.9. The van der Waals surface area contributed by atoms with E-state index in [2.05, 4.69) is 43.7 Å². The van der Waals surface area contributed by atoms with Crippen LogP contribution in [0.3, 0.4) is 0 Å². The van der Waals surface area contributed by atoms with Crippen molar-refractivity contribution in [2.45, 2.75) is 32.2 Å². The predicted molar refractivity (Wildman–Crippen MR) is 95.1 cm³/mol. The van der Waals surface area contributed by atoms with Gasteiger partial charge >= 0.3 is 0 Å². The van der Waals surface area contributed by atoms with Crippen molar-refractivity contribution in [3.8, 4) is 0 Å². The maximum absolute atomic E-state index is 5.24. The summed E-state index contributed by atoms with van der Waals surface area (Å²) in [5, 5.41) is 6.85. The molecule has 0 radical (unpaired) electrons. The lowest BCUT2D eigenvalue weighted by molar-refractivity contribution is 0.0732. The number of methoxy groups -OCH3 is 1. The molecule has 0 atom stereocenters. The van der Waals surface area contributed by atoms with Crippen LogP contribution in [0, 0.1) is 5.41 Å². The first kappa shape index (κ1) is 17.3. The molecule has 0 aliphatic heterocycles. The topological polar surface area (TPSA) is 45.7 Å². The van der Waals surface area contributed by atoms with Gasteiger partial charge in [0.2, 0.25) is 0 Å². The molecule has 0 bridgehead atoms. The summed E-state index contributed by atoms with van der Waals surface area (Å²) >= 11 is 3.50. The molecule has 4 nitrogen and oxygen atoms in total. The monoisotopic (exact) mass is 367 g/mol. The van der Waals surface area contributed by atoms with Gasteiger partial charge in [0.05, 0.1) is 0 Å². The molecule has 122 valence electrons. The van der Waals surface area contributed by atoms with Gasteiger partial charge in [-0.3, -0.25) is 4.99 Å². The number of benzene rings is 1. The highest BCUT2D eigenvalue weighted by Gasteiger charge is 2.36.